The highest BCUT2D eigenvalue weighted by atomic mass is 15.1. The van der Waals surface area contributed by atoms with Crippen LogP contribution in [0.2, 0.25) is 0 Å². The molecule has 0 radical (unpaired) electrons. The van der Waals surface area contributed by atoms with Gasteiger partial charge >= 0.3 is 0 Å². The molecule has 2 nitrogen and oxygen atoms in total. The number of para-hydroxylation sites is 2. The van der Waals surface area contributed by atoms with E-state index in [9.17, 15) is 0 Å². The van der Waals surface area contributed by atoms with Crippen molar-refractivity contribution in [3.8, 4) is 61.3 Å². The standard InChI is InChI=1S/C79H58N2/c1-77(2)67-35-19-14-30-59(67)63-45-44-57(50-71(63)77)80(56-42-40-52(41-43-56)51-24-8-5-9-25-51)58-48-65(76-66(49-58)62-33-15-20-36-68(62)78(76,3)4)53-46-72(75-64-34-18-23-39-73(64)81(74(75)47-53)55-28-12-7-13-29-55)79(54-26-10-6-11-27-54)69-37-21-16-31-60(69)61-32-17-22-38-70(61)79/h5-50H,1-4H3. The number of anilines is 3. The van der Waals surface area contributed by atoms with Gasteiger partial charge in [-0.05, 0) is 167 Å². The first-order valence-corrected chi connectivity index (χ1v) is 28.6. The summed E-state index contributed by atoms with van der Waals surface area (Å²) in [5.41, 5.74) is 28.6. The predicted octanol–water partition coefficient (Wildman–Crippen LogP) is 20.6. The van der Waals surface area contributed by atoms with Crippen LogP contribution < -0.4 is 4.90 Å². The molecule has 1 aromatic heterocycles. The second-order valence-corrected chi connectivity index (χ2v) is 23.5. The lowest BCUT2D eigenvalue weighted by Crippen LogP contribution is -2.29. The molecule has 1 heterocycles. The maximum atomic E-state index is 2.61. The molecule has 3 aliphatic rings. The van der Waals surface area contributed by atoms with Gasteiger partial charge in [0.05, 0.1) is 16.4 Å². The fourth-order valence-corrected chi connectivity index (χ4v) is 15.1. The molecular formula is C79H58N2. The maximum Gasteiger partial charge on any atom is 0.0720 e. The van der Waals surface area contributed by atoms with E-state index in [1.807, 2.05) is 0 Å². The van der Waals surface area contributed by atoms with Crippen LogP contribution in [0.1, 0.15) is 72.2 Å². The third-order valence-electron chi connectivity index (χ3n) is 18.6. The Labute approximate surface area is 474 Å². The van der Waals surface area contributed by atoms with Crippen LogP contribution in [-0.4, -0.2) is 4.57 Å². The molecule has 384 valence electrons. The lowest BCUT2D eigenvalue weighted by molar-refractivity contribution is 0.660. The van der Waals surface area contributed by atoms with Gasteiger partial charge in [0.1, 0.15) is 0 Å². The molecule has 12 aromatic carbocycles. The fraction of sp³-hybridized carbons (Fsp3) is 0.0886. The first-order chi connectivity index (χ1) is 39.7. The molecule has 0 saturated heterocycles. The van der Waals surface area contributed by atoms with Crippen molar-refractivity contribution in [3.05, 3.63) is 324 Å². The highest BCUT2D eigenvalue weighted by Crippen LogP contribution is 2.61. The van der Waals surface area contributed by atoms with Gasteiger partial charge in [0.15, 0.2) is 0 Å². The van der Waals surface area contributed by atoms with Crippen molar-refractivity contribution in [2.45, 2.75) is 43.9 Å². The molecule has 0 aliphatic heterocycles. The number of hydrogen-bond donors (Lipinski definition) is 0. The van der Waals surface area contributed by atoms with Gasteiger partial charge in [0.25, 0.3) is 0 Å². The average Bonchev–Trinajstić information content (AvgIpc) is 2.60. The van der Waals surface area contributed by atoms with Crippen molar-refractivity contribution in [1.29, 1.82) is 0 Å². The molecule has 0 N–H and O–H groups in total. The average molecular weight is 1040 g/mol. The minimum absolute atomic E-state index is 0.188. The van der Waals surface area contributed by atoms with E-state index in [0.717, 1.165) is 22.7 Å². The summed E-state index contributed by atoms with van der Waals surface area (Å²) >= 11 is 0. The number of fused-ring (bicyclic) bond motifs is 12. The largest absolute Gasteiger partial charge is 0.310 e. The van der Waals surface area contributed by atoms with Crippen LogP contribution in [0, 0.1) is 0 Å². The molecule has 81 heavy (non-hydrogen) atoms. The summed E-state index contributed by atoms with van der Waals surface area (Å²) in [7, 11) is 0. The number of benzene rings is 12. The lowest BCUT2D eigenvalue weighted by atomic mass is 9.66. The van der Waals surface area contributed by atoms with Crippen LogP contribution in [0.3, 0.4) is 0 Å². The Morgan fingerprint density at radius 1 is 0.296 bits per heavy atom. The van der Waals surface area contributed by atoms with Gasteiger partial charge in [-0.2, -0.15) is 0 Å². The summed E-state index contributed by atoms with van der Waals surface area (Å²) in [6.45, 7) is 9.66. The zero-order valence-electron chi connectivity index (χ0n) is 46.0. The summed E-state index contributed by atoms with van der Waals surface area (Å²) in [6, 6.07) is 105. The van der Waals surface area contributed by atoms with E-state index in [1.165, 1.54) is 122 Å². The van der Waals surface area contributed by atoms with Gasteiger partial charge < -0.3 is 9.47 Å². The molecule has 0 bridgehead atoms. The molecule has 0 amide bonds. The Kier molecular flexibility index (Phi) is 10.3. The monoisotopic (exact) mass is 1030 g/mol. The lowest BCUT2D eigenvalue weighted by Gasteiger charge is -2.35. The van der Waals surface area contributed by atoms with Gasteiger partial charge in [-0.1, -0.05) is 240 Å². The Bertz CT molecular complexity index is 4630. The molecular weight excluding hydrogens is 977 g/mol. The first kappa shape index (κ1) is 47.3. The van der Waals surface area contributed by atoms with E-state index in [4.69, 9.17) is 0 Å². The van der Waals surface area contributed by atoms with Crippen LogP contribution in [-0.2, 0) is 16.2 Å². The van der Waals surface area contributed by atoms with E-state index in [1.54, 1.807) is 0 Å². The van der Waals surface area contributed by atoms with Gasteiger partial charge in [0, 0.05) is 44.4 Å². The van der Waals surface area contributed by atoms with Crippen LogP contribution in [0.15, 0.2) is 279 Å². The zero-order valence-corrected chi connectivity index (χ0v) is 46.0. The Hall–Kier alpha value is -9.76. The second-order valence-electron chi connectivity index (χ2n) is 23.5. The number of nitrogens with zero attached hydrogens (tertiary/aromatic N) is 2. The molecule has 2 heteroatoms. The van der Waals surface area contributed by atoms with E-state index in [0.29, 0.717) is 0 Å². The third-order valence-corrected chi connectivity index (χ3v) is 18.6. The highest BCUT2D eigenvalue weighted by Gasteiger charge is 2.48. The Morgan fingerprint density at radius 2 is 0.790 bits per heavy atom. The highest BCUT2D eigenvalue weighted by molar-refractivity contribution is 6.14. The third kappa shape index (κ3) is 6.74. The van der Waals surface area contributed by atoms with Crippen molar-refractivity contribution in [2.75, 3.05) is 4.90 Å². The summed E-state index contributed by atoms with van der Waals surface area (Å²) in [6.07, 6.45) is 0. The quantitative estimate of drug-likeness (QED) is 0.147. The molecule has 0 unspecified atom stereocenters. The second kappa shape index (κ2) is 17.6. The van der Waals surface area contributed by atoms with Crippen molar-refractivity contribution in [2.24, 2.45) is 0 Å². The first-order valence-electron chi connectivity index (χ1n) is 28.6. The van der Waals surface area contributed by atoms with Crippen LogP contribution in [0.5, 0.6) is 0 Å². The summed E-state index contributed by atoms with van der Waals surface area (Å²) in [5.74, 6) is 0. The van der Waals surface area contributed by atoms with Crippen molar-refractivity contribution < 1.29 is 0 Å². The summed E-state index contributed by atoms with van der Waals surface area (Å²) in [5, 5.41) is 2.49. The molecule has 13 aromatic rings. The van der Waals surface area contributed by atoms with Crippen LogP contribution in [0.4, 0.5) is 17.1 Å². The number of aromatic nitrogens is 1. The molecule has 0 spiro atoms. The smallest absolute Gasteiger partial charge is 0.0720 e. The Balaban J connectivity index is 1.04. The van der Waals surface area contributed by atoms with E-state index in [-0.39, 0.29) is 10.8 Å². The predicted molar refractivity (Wildman–Crippen MR) is 339 cm³/mol. The topological polar surface area (TPSA) is 8.17 Å². The van der Waals surface area contributed by atoms with Gasteiger partial charge in [0.2, 0.25) is 0 Å². The van der Waals surface area contributed by atoms with Gasteiger partial charge in [-0.3, -0.25) is 0 Å². The molecule has 0 saturated carbocycles. The molecule has 3 aliphatic carbocycles. The van der Waals surface area contributed by atoms with Crippen LogP contribution >= 0.6 is 0 Å². The minimum atomic E-state index is -0.686. The van der Waals surface area contributed by atoms with Gasteiger partial charge in [-0.15, -0.1) is 0 Å². The molecule has 0 atom stereocenters. The number of rotatable bonds is 8. The number of hydrogen-bond acceptors (Lipinski definition) is 1. The summed E-state index contributed by atoms with van der Waals surface area (Å²) < 4.78 is 2.53. The van der Waals surface area contributed by atoms with E-state index in [2.05, 4.69) is 316 Å². The van der Waals surface area contributed by atoms with Crippen LogP contribution in [0.25, 0.3) is 83.1 Å². The fourth-order valence-electron chi connectivity index (χ4n) is 15.1. The Morgan fingerprint density at radius 3 is 1.46 bits per heavy atom. The zero-order chi connectivity index (χ0) is 54.2. The van der Waals surface area contributed by atoms with E-state index >= 15 is 0 Å². The normalized spacial score (nSPS) is 14.5. The minimum Gasteiger partial charge on any atom is -0.310 e. The maximum absolute atomic E-state index is 2.61. The molecule has 16 rings (SSSR count). The van der Waals surface area contributed by atoms with E-state index < -0.39 is 5.41 Å². The van der Waals surface area contributed by atoms with Crippen molar-refractivity contribution >= 4 is 38.9 Å². The van der Waals surface area contributed by atoms with Crippen molar-refractivity contribution in [3.63, 3.8) is 0 Å². The van der Waals surface area contributed by atoms with Crippen molar-refractivity contribution in [1.82, 2.24) is 4.57 Å². The van der Waals surface area contributed by atoms with Gasteiger partial charge in [-0.25, -0.2) is 0 Å². The SMILES string of the molecule is CC1(C)c2ccccc2-c2ccc(N(c3ccc(-c4ccccc4)cc3)c3cc(-c4cc(C5(c6ccccc6)c6ccccc6-c6ccccc65)c5c6ccccc6n(-c6ccccc6)c5c4)c4c(c3)-c3ccccc3C4(C)C)cc21. The summed E-state index contributed by atoms with van der Waals surface area (Å²) in [4.78, 5) is 2.53. The molecule has 0 fully saturated rings.